The van der Waals surface area contributed by atoms with Crippen molar-refractivity contribution in [1.82, 2.24) is 5.43 Å². The average molecular weight is 525 g/mol. The molecular weight excluding hydrogens is 512 g/mol. The van der Waals surface area contributed by atoms with E-state index in [2.05, 4.69) is 58.3 Å². The fourth-order valence-corrected chi connectivity index (χ4v) is 4.68. The first-order valence-electron chi connectivity index (χ1n) is 6.54. The molecule has 0 aliphatic heterocycles. The topological polar surface area (TPSA) is 50.7 Å². The number of nitrogens with zero attached hydrogens (tertiary/aromatic N) is 1. The van der Waals surface area contributed by atoms with E-state index in [1.54, 1.807) is 11.3 Å². The maximum atomic E-state index is 11.9. The van der Waals surface area contributed by atoms with Gasteiger partial charge in [0.15, 0.2) is 6.61 Å². The van der Waals surface area contributed by atoms with Crippen LogP contribution in [0.1, 0.15) is 17.4 Å². The lowest BCUT2D eigenvalue weighted by Crippen LogP contribution is -2.25. The molecule has 0 bridgehead atoms. The van der Waals surface area contributed by atoms with Gasteiger partial charge < -0.3 is 4.74 Å². The van der Waals surface area contributed by atoms with Gasteiger partial charge in [0.1, 0.15) is 5.75 Å². The molecule has 0 radical (unpaired) electrons. The molecule has 1 aromatic carbocycles. The summed E-state index contributed by atoms with van der Waals surface area (Å²) in [5.41, 5.74) is 4.32. The molecule has 1 aromatic heterocycles. The lowest BCUT2D eigenvalue weighted by Gasteiger charge is -2.10. The molecule has 0 saturated carbocycles. The molecule has 8 heteroatoms. The Labute approximate surface area is 163 Å². The minimum absolute atomic E-state index is 0.120. The van der Waals surface area contributed by atoms with Crippen LogP contribution in [0.5, 0.6) is 5.75 Å². The zero-order valence-electron chi connectivity index (χ0n) is 12.3. The summed E-state index contributed by atoms with van der Waals surface area (Å²) in [6.07, 6.45) is 0. The summed E-state index contributed by atoms with van der Waals surface area (Å²) in [7, 11) is 0. The smallest absolute Gasteiger partial charge is 0.277 e. The Morgan fingerprint density at radius 2 is 1.91 bits per heavy atom. The van der Waals surface area contributed by atoms with E-state index in [9.17, 15) is 4.79 Å². The van der Waals surface area contributed by atoms with Gasteiger partial charge >= 0.3 is 0 Å². The first-order valence-corrected chi connectivity index (χ1v) is 9.73. The monoisotopic (exact) mass is 522 g/mol. The molecule has 0 aliphatic carbocycles. The minimum atomic E-state index is -0.320. The van der Waals surface area contributed by atoms with Gasteiger partial charge in [-0.2, -0.15) is 5.10 Å². The Kier molecular flexibility index (Phi) is 6.82. The first-order chi connectivity index (χ1) is 10.9. The van der Waals surface area contributed by atoms with E-state index in [1.165, 1.54) is 0 Å². The number of hydrogen-bond donors (Lipinski definition) is 1. The standard InChI is InChI=1S/C15H13Br3N2O2S/c1-8-5-10(16)15(11(17)6-8)22-7-14(21)20-19-9(2)12-3-4-13(18)23-12/h3-6H,7H2,1-2H3,(H,20,21). The second-order valence-corrected chi connectivity index (χ2v) is 8.85. The number of hydrazone groups is 1. The van der Waals surface area contributed by atoms with Crippen LogP contribution in [0.2, 0.25) is 0 Å². The van der Waals surface area contributed by atoms with Crippen LogP contribution in [0, 0.1) is 6.92 Å². The second-order valence-electron chi connectivity index (χ2n) is 4.68. The van der Waals surface area contributed by atoms with Gasteiger partial charge in [0.2, 0.25) is 0 Å². The number of benzene rings is 1. The summed E-state index contributed by atoms with van der Waals surface area (Å²) in [4.78, 5) is 12.9. The number of nitrogens with one attached hydrogen (secondary N) is 1. The highest BCUT2D eigenvalue weighted by Crippen LogP contribution is 2.34. The zero-order valence-corrected chi connectivity index (χ0v) is 17.9. The maximum Gasteiger partial charge on any atom is 0.277 e. The van der Waals surface area contributed by atoms with E-state index in [4.69, 9.17) is 4.74 Å². The fraction of sp³-hybridized carbons (Fsp3) is 0.200. The molecule has 0 saturated heterocycles. The second kappa shape index (κ2) is 8.41. The van der Waals surface area contributed by atoms with Crippen LogP contribution >= 0.6 is 59.1 Å². The van der Waals surface area contributed by atoms with Gasteiger partial charge in [-0.15, -0.1) is 11.3 Å². The quantitative estimate of drug-likeness (QED) is 0.428. The van der Waals surface area contributed by atoms with E-state index in [1.807, 2.05) is 38.1 Å². The van der Waals surface area contributed by atoms with Crippen LogP contribution in [-0.4, -0.2) is 18.2 Å². The molecule has 122 valence electrons. The van der Waals surface area contributed by atoms with Crippen molar-refractivity contribution in [2.75, 3.05) is 6.61 Å². The molecule has 1 amide bonds. The number of thiophene rings is 1. The summed E-state index contributed by atoms with van der Waals surface area (Å²) < 4.78 is 8.15. The Hall–Kier alpha value is -0.700. The zero-order chi connectivity index (χ0) is 17.0. The van der Waals surface area contributed by atoms with E-state index in [0.717, 1.165) is 28.9 Å². The van der Waals surface area contributed by atoms with Crippen LogP contribution < -0.4 is 10.2 Å². The molecule has 4 nitrogen and oxygen atoms in total. The van der Waals surface area contributed by atoms with Crippen molar-refractivity contribution >= 4 is 70.7 Å². The molecule has 0 spiro atoms. The third-order valence-electron chi connectivity index (χ3n) is 2.77. The SMILES string of the molecule is CC(=NNC(=O)COc1c(Br)cc(C)cc1Br)c1ccc(Br)s1. The molecule has 0 fully saturated rings. The number of aryl methyl sites for hydroxylation is 1. The van der Waals surface area contributed by atoms with E-state index >= 15 is 0 Å². The third kappa shape index (κ3) is 5.41. The summed E-state index contributed by atoms with van der Waals surface area (Å²) in [6.45, 7) is 3.70. The van der Waals surface area contributed by atoms with Gasteiger partial charge in [0.25, 0.3) is 5.91 Å². The normalized spacial score (nSPS) is 11.4. The Morgan fingerprint density at radius 3 is 2.48 bits per heavy atom. The van der Waals surface area contributed by atoms with Gasteiger partial charge in [-0.3, -0.25) is 4.79 Å². The number of rotatable bonds is 5. The summed E-state index contributed by atoms with van der Waals surface area (Å²) in [5.74, 6) is 0.271. The summed E-state index contributed by atoms with van der Waals surface area (Å²) >= 11 is 11.8. The van der Waals surface area contributed by atoms with E-state index in [0.29, 0.717) is 5.75 Å². The largest absolute Gasteiger partial charge is 0.481 e. The van der Waals surface area contributed by atoms with Crippen molar-refractivity contribution in [3.05, 3.63) is 47.4 Å². The molecule has 2 aromatic rings. The van der Waals surface area contributed by atoms with Crippen molar-refractivity contribution in [2.24, 2.45) is 5.10 Å². The molecule has 2 rings (SSSR count). The van der Waals surface area contributed by atoms with Gasteiger partial charge in [-0.1, -0.05) is 0 Å². The van der Waals surface area contributed by atoms with Gasteiger partial charge in [-0.25, -0.2) is 5.43 Å². The molecule has 1 heterocycles. The Balaban J connectivity index is 1.93. The van der Waals surface area contributed by atoms with Crippen LogP contribution in [-0.2, 0) is 4.79 Å². The minimum Gasteiger partial charge on any atom is -0.481 e. The number of amides is 1. The maximum absolute atomic E-state index is 11.9. The van der Waals surface area contributed by atoms with Crippen LogP contribution in [0.15, 0.2) is 42.1 Å². The van der Waals surface area contributed by atoms with E-state index in [-0.39, 0.29) is 12.5 Å². The predicted octanol–water partition coefficient (Wildman–Crippen LogP) is 5.26. The number of halogens is 3. The van der Waals surface area contributed by atoms with Crippen LogP contribution in [0.25, 0.3) is 0 Å². The Bertz CT molecular complexity index is 736. The highest BCUT2D eigenvalue weighted by atomic mass is 79.9. The van der Waals surface area contributed by atoms with Crippen molar-refractivity contribution in [2.45, 2.75) is 13.8 Å². The molecule has 0 unspecified atom stereocenters. The van der Waals surface area contributed by atoms with Gasteiger partial charge in [0.05, 0.1) is 23.3 Å². The van der Waals surface area contributed by atoms with Crippen molar-refractivity contribution < 1.29 is 9.53 Å². The molecule has 0 aliphatic rings. The first kappa shape index (κ1) is 18.6. The highest BCUT2D eigenvalue weighted by molar-refractivity contribution is 9.11. The lowest BCUT2D eigenvalue weighted by atomic mass is 10.2. The summed E-state index contributed by atoms with van der Waals surface area (Å²) in [6, 6.07) is 7.73. The van der Waals surface area contributed by atoms with Crippen molar-refractivity contribution in [1.29, 1.82) is 0 Å². The van der Waals surface area contributed by atoms with Gasteiger partial charge in [-0.05, 0) is 91.5 Å². The number of carbonyl (C=O) groups excluding carboxylic acids is 1. The van der Waals surface area contributed by atoms with Gasteiger partial charge in [0, 0.05) is 0 Å². The summed E-state index contributed by atoms with van der Waals surface area (Å²) in [5, 5.41) is 4.08. The Morgan fingerprint density at radius 1 is 1.26 bits per heavy atom. The molecule has 0 atom stereocenters. The molecule has 23 heavy (non-hydrogen) atoms. The molecule has 1 N–H and O–H groups in total. The number of ether oxygens (including phenoxy) is 1. The van der Waals surface area contributed by atoms with E-state index < -0.39 is 0 Å². The van der Waals surface area contributed by atoms with Crippen molar-refractivity contribution in [3.63, 3.8) is 0 Å². The predicted molar refractivity (Wildman–Crippen MR) is 104 cm³/mol. The lowest BCUT2D eigenvalue weighted by molar-refractivity contribution is -0.123. The molecular formula is C15H13Br3N2O2S. The third-order valence-corrected chi connectivity index (χ3v) is 5.68. The fourth-order valence-electron chi connectivity index (χ4n) is 1.70. The average Bonchev–Trinajstić information content (AvgIpc) is 2.90. The highest BCUT2D eigenvalue weighted by Gasteiger charge is 2.10. The number of carbonyl (C=O) groups is 1. The number of hydrogen-bond acceptors (Lipinski definition) is 4. The van der Waals surface area contributed by atoms with Crippen LogP contribution in [0.3, 0.4) is 0 Å². The van der Waals surface area contributed by atoms with Crippen LogP contribution in [0.4, 0.5) is 0 Å². The van der Waals surface area contributed by atoms with Crippen molar-refractivity contribution in [3.8, 4) is 5.75 Å².